The molecule has 0 amide bonds. The summed E-state index contributed by atoms with van der Waals surface area (Å²) >= 11 is 0. The van der Waals surface area contributed by atoms with Gasteiger partial charge in [-0.05, 0) is 0 Å². The molecule has 0 radical (unpaired) electrons. The van der Waals surface area contributed by atoms with Crippen LogP contribution in [0.2, 0.25) is 0 Å². The van der Waals surface area contributed by atoms with Crippen molar-refractivity contribution < 1.29 is 81.5 Å². The fourth-order valence-electron chi connectivity index (χ4n) is 0. The van der Waals surface area contributed by atoms with E-state index in [2.05, 4.69) is 0 Å². The summed E-state index contributed by atoms with van der Waals surface area (Å²) in [4.78, 5) is 0. The first kappa shape index (κ1) is 16.9. The SMILES string of the molecule is OB(O)O.[K+].[O-]B(O)O. The summed E-state index contributed by atoms with van der Waals surface area (Å²) in [5.41, 5.74) is 0. The minimum Gasteiger partial charge on any atom is -0.832 e. The van der Waals surface area contributed by atoms with Crippen molar-refractivity contribution in [2.45, 2.75) is 0 Å². The molecule has 0 atom stereocenters. The van der Waals surface area contributed by atoms with Crippen molar-refractivity contribution in [1.82, 2.24) is 0 Å². The van der Waals surface area contributed by atoms with Crippen LogP contribution in [0, 0.1) is 0 Å². The predicted octanol–water partition coefficient (Wildman–Crippen LogP) is -7.73. The Morgan fingerprint density at radius 1 is 0.889 bits per heavy atom. The molecule has 0 aromatic carbocycles. The maximum absolute atomic E-state index is 8.64. The zero-order valence-electron chi connectivity index (χ0n) is 4.80. The molecule has 0 bridgehead atoms. The number of hydrogen-bond donors (Lipinski definition) is 5. The molecule has 0 rings (SSSR count). The first-order valence-electron chi connectivity index (χ1n) is 1.53. The van der Waals surface area contributed by atoms with Gasteiger partial charge in [-0.25, -0.2) is 0 Å². The molecular weight excluding hydrogens is 157 g/mol. The van der Waals surface area contributed by atoms with Gasteiger partial charge in [0.05, 0.1) is 0 Å². The van der Waals surface area contributed by atoms with Crippen LogP contribution < -0.4 is 56.4 Å². The van der Waals surface area contributed by atoms with E-state index in [1.807, 2.05) is 0 Å². The molecular formula is H5B2KO6. The van der Waals surface area contributed by atoms with E-state index >= 15 is 0 Å². The van der Waals surface area contributed by atoms with Crippen LogP contribution in [0.1, 0.15) is 0 Å². The Labute approximate surface area is 94.9 Å². The summed E-state index contributed by atoms with van der Waals surface area (Å²) in [6.45, 7) is 0. The summed E-state index contributed by atoms with van der Waals surface area (Å²) in [5, 5.41) is 44.2. The Bertz CT molecular complexity index is 26.5. The average molecular weight is 162 g/mol. The maximum atomic E-state index is 8.64. The standard InChI is InChI=1S/BH3O3.BH2O3.K/c2*2-1(3)4;/h2-4H;2-3H;/q;-1;+1. The quantitative estimate of drug-likeness (QED) is 0.225. The van der Waals surface area contributed by atoms with E-state index < -0.39 is 14.6 Å². The smallest absolute Gasteiger partial charge is 0.832 e. The topological polar surface area (TPSA) is 124 Å². The molecule has 0 aliphatic rings. The molecule has 0 fully saturated rings. The van der Waals surface area contributed by atoms with Crippen LogP contribution in [-0.2, 0) is 0 Å². The molecule has 0 saturated carbocycles. The zero-order chi connectivity index (χ0) is 7.15. The summed E-state index contributed by atoms with van der Waals surface area (Å²) in [6, 6.07) is 0. The van der Waals surface area contributed by atoms with Gasteiger partial charge in [-0.2, -0.15) is 0 Å². The summed E-state index contributed by atoms with van der Waals surface area (Å²) in [7, 11) is -4.58. The fraction of sp³-hybridized carbons (Fsp3) is 0. The van der Waals surface area contributed by atoms with Crippen molar-refractivity contribution in [2.75, 3.05) is 0 Å². The number of hydrogen-bond acceptors (Lipinski definition) is 6. The van der Waals surface area contributed by atoms with Gasteiger partial charge in [-0.15, -0.1) is 0 Å². The Hall–Kier alpha value is 1.53. The second kappa shape index (κ2) is 12.2. The Morgan fingerprint density at radius 2 is 0.889 bits per heavy atom. The fourth-order valence-corrected chi connectivity index (χ4v) is 0. The van der Waals surface area contributed by atoms with E-state index in [0.29, 0.717) is 0 Å². The largest absolute Gasteiger partial charge is 1.00 e. The second-order valence-corrected chi connectivity index (χ2v) is 0.673. The van der Waals surface area contributed by atoms with Crippen molar-refractivity contribution in [2.24, 2.45) is 0 Å². The van der Waals surface area contributed by atoms with E-state index in [1.54, 1.807) is 0 Å². The Balaban J connectivity index is -0.0000000720. The molecule has 0 heterocycles. The molecule has 0 spiro atoms. The van der Waals surface area contributed by atoms with Gasteiger partial charge in [-0.3, -0.25) is 0 Å². The zero-order valence-corrected chi connectivity index (χ0v) is 7.92. The number of rotatable bonds is 0. The van der Waals surface area contributed by atoms with Crippen LogP contribution in [0.5, 0.6) is 0 Å². The Morgan fingerprint density at radius 3 is 0.889 bits per heavy atom. The normalized spacial score (nSPS) is 6.00. The minimum atomic E-state index is -2.42. The third-order valence-electron chi connectivity index (χ3n) is 0. The van der Waals surface area contributed by atoms with Crippen molar-refractivity contribution >= 4 is 14.6 Å². The van der Waals surface area contributed by atoms with Crippen LogP contribution in [0.4, 0.5) is 0 Å². The summed E-state index contributed by atoms with van der Waals surface area (Å²) < 4.78 is 0. The van der Waals surface area contributed by atoms with Crippen LogP contribution in [-0.4, -0.2) is 39.8 Å². The average Bonchev–Trinajstić information content (AvgIpc) is 1.25. The summed E-state index contributed by atoms with van der Waals surface area (Å²) in [5.74, 6) is 0. The molecule has 0 aromatic heterocycles. The van der Waals surface area contributed by atoms with Crippen molar-refractivity contribution in [3.05, 3.63) is 0 Å². The second-order valence-electron chi connectivity index (χ2n) is 0.673. The van der Waals surface area contributed by atoms with E-state index in [-0.39, 0.29) is 51.4 Å². The van der Waals surface area contributed by atoms with E-state index in [9.17, 15) is 0 Å². The first-order valence-corrected chi connectivity index (χ1v) is 1.53. The minimum absolute atomic E-state index is 0. The third-order valence-corrected chi connectivity index (χ3v) is 0. The van der Waals surface area contributed by atoms with Gasteiger partial charge in [0.15, 0.2) is 0 Å². The van der Waals surface area contributed by atoms with Crippen LogP contribution in [0.3, 0.4) is 0 Å². The maximum Gasteiger partial charge on any atom is 1.00 e. The molecule has 9 heteroatoms. The van der Waals surface area contributed by atoms with Gasteiger partial charge in [-0.1, -0.05) is 0 Å². The van der Waals surface area contributed by atoms with Crippen molar-refractivity contribution in [1.29, 1.82) is 0 Å². The van der Waals surface area contributed by atoms with Gasteiger partial charge in [0, 0.05) is 0 Å². The van der Waals surface area contributed by atoms with Gasteiger partial charge in [0.25, 0.3) is 0 Å². The molecule has 9 heavy (non-hydrogen) atoms. The molecule has 0 aromatic rings. The molecule has 0 saturated heterocycles. The first-order chi connectivity index (χ1) is 3.46. The molecule has 0 aliphatic heterocycles. The van der Waals surface area contributed by atoms with E-state index in [1.165, 1.54) is 0 Å². The molecule has 0 unspecified atom stereocenters. The monoisotopic (exact) mass is 162 g/mol. The third kappa shape index (κ3) is 232. The molecule has 6 nitrogen and oxygen atoms in total. The van der Waals surface area contributed by atoms with Crippen LogP contribution >= 0.6 is 0 Å². The predicted molar refractivity (Wildman–Crippen MR) is 22.6 cm³/mol. The molecule has 5 N–H and O–H groups in total. The summed E-state index contributed by atoms with van der Waals surface area (Å²) in [6.07, 6.45) is 0. The van der Waals surface area contributed by atoms with Gasteiger partial charge < -0.3 is 30.1 Å². The molecule has 48 valence electrons. The van der Waals surface area contributed by atoms with Gasteiger partial charge in [0.2, 0.25) is 0 Å². The van der Waals surface area contributed by atoms with E-state index in [4.69, 9.17) is 30.1 Å². The van der Waals surface area contributed by atoms with Crippen LogP contribution in [0.15, 0.2) is 0 Å². The molecule has 0 aliphatic carbocycles. The Kier molecular flexibility index (Phi) is 22.9. The van der Waals surface area contributed by atoms with Crippen molar-refractivity contribution in [3.63, 3.8) is 0 Å². The van der Waals surface area contributed by atoms with Gasteiger partial charge in [0.1, 0.15) is 0 Å². The van der Waals surface area contributed by atoms with E-state index in [0.717, 1.165) is 0 Å². The van der Waals surface area contributed by atoms with Gasteiger partial charge >= 0.3 is 66.0 Å². The van der Waals surface area contributed by atoms with Crippen LogP contribution in [0.25, 0.3) is 0 Å². The van der Waals surface area contributed by atoms with Crippen molar-refractivity contribution in [3.8, 4) is 0 Å².